The van der Waals surface area contributed by atoms with Gasteiger partial charge in [-0.1, -0.05) is 0 Å². The zero-order chi connectivity index (χ0) is 16.4. The highest BCUT2D eigenvalue weighted by Gasteiger charge is 2.34. The van der Waals surface area contributed by atoms with Gasteiger partial charge in [0.15, 0.2) is 5.78 Å². The minimum Gasteiger partial charge on any atom is -0.292 e. The van der Waals surface area contributed by atoms with Crippen molar-refractivity contribution in [3.05, 3.63) is 23.8 Å². The van der Waals surface area contributed by atoms with E-state index in [4.69, 9.17) is 11.6 Å². The summed E-state index contributed by atoms with van der Waals surface area (Å²) < 4.78 is 74.1. The standard InChI is InChI=1S/C11H7ClF6OS2/c1-5(12)9(19)7-3-2-6(20-10(13,14)15)4-8(7)21-11(16,17)18/h2-5H,1H3. The molecule has 21 heavy (non-hydrogen) atoms. The van der Waals surface area contributed by atoms with Gasteiger partial charge in [-0.2, -0.15) is 26.3 Å². The number of Topliss-reactive ketones (excluding diaryl/α,β-unsaturated/α-hetero) is 1. The molecule has 10 heteroatoms. The van der Waals surface area contributed by atoms with Crippen LogP contribution < -0.4 is 0 Å². The largest absolute Gasteiger partial charge is 0.446 e. The maximum Gasteiger partial charge on any atom is 0.446 e. The Balaban J connectivity index is 3.23. The lowest BCUT2D eigenvalue weighted by Crippen LogP contribution is -2.13. The van der Waals surface area contributed by atoms with E-state index < -0.39 is 55.5 Å². The number of hydrogen-bond donors (Lipinski definition) is 0. The summed E-state index contributed by atoms with van der Waals surface area (Å²) in [6.45, 7) is 1.27. The normalized spacial score (nSPS) is 14.1. The van der Waals surface area contributed by atoms with Gasteiger partial charge in [0.05, 0.1) is 5.38 Å². The number of halogens is 7. The van der Waals surface area contributed by atoms with Crippen molar-refractivity contribution in [3.63, 3.8) is 0 Å². The van der Waals surface area contributed by atoms with Gasteiger partial charge in [-0.25, -0.2) is 0 Å². The third kappa shape index (κ3) is 6.39. The Hall–Kier alpha value is -0.540. The lowest BCUT2D eigenvalue weighted by molar-refractivity contribution is -0.0334. The number of benzene rings is 1. The first-order valence-electron chi connectivity index (χ1n) is 5.23. The van der Waals surface area contributed by atoms with Crippen molar-refractivity contribution in [2.75, 3.05) is 0 Å². The van der Waals surface area contributed by atoms with E-state index in [1.807, 2.05) is 0 Å². The van der Waals surface area contributed by atoms with Gasteiger partial charge in [0, 0.05) is 15.4 Å². The molecule has 0 saturated carbocycles. The Morgan fingerprint density at radius 1 is 1.10 bits per heavy atom. The number of alkyl halides is 7. The second-order valence-electron chi connectivity index (χ2n) is 3.73. The molecular weight excluding hydrogens is 362 g/mol. The van der Waals surface area contributed by atoms with Crippen LogP contribution in [0.3, 0.4) is 0 Å². The van der Waals surface area contributed by atoms with Gasteiger partial charge in [-0.05, 0) is 48.6 Å². The fourth-order valence-corrected chi connectivity index (χ4v) is 2.81. The Morgan fingerprint density at radius 3 is 2.05 bits per heavy atom. The monoisotopic (exact) mass is 368 g/mol. The molecule has 1 rings (SSSR count). The molecule has 0 aromatic heterocycles. The molecule has 0 spiro atoms. The van der Waals surface area contributed by atoms with Crippen molar-refractivity contribution in [2.45, 2.75) is 33.1 Å². The third-order valence-electron chi connectivity index (χ3n) is 2.04. The van der Waals surface area contributed by atoms with Crippen LogP contribution in [0, 0.1) is 0 Å². The molecule has 0 aliphatic carbocycles. The summed E-state index contributed by atoms with van der Waals surface area (Å²) in [6.07, 6.45) is 0. The van der Waals surface area contributed by atoms with Gasteiger partial charge in [0.25, 0.3) is 0 Å². The number of carbonyl (C=O) groups is 1. The summed E-state index contributed by atoms with van der Waals surface area (Å²) in [7, 11) is 0. The van der Waals surface area contributed by atoms with Gasteiger partial charge in [-0.15, -0.1) is 11.6 Å². The van der Waals surface area contributed by atoms with Crippen LogP contribution in [0.15, 0.2) is 28.0 Å². The van der Waals surface area contributed by atoms with Gasteiger partial charge in [0.2, 0.25) is 0 Å². The molecule has 0 amide bonds. The molecule has 0 bridgehead atoms. The molecule has 0 aliphatic rings. The van der Waals surface area contributed by atoms with Crippen molar-refractivity contribution in [2.24, 2.45) is 0 Å². The molecule has 1 atom stereocenters. The van der Waals surface area contributed by atoms with Crippen LogP contribution >= 0.6 is 35.1 Å². The SMILES string of the molecule is CC(Cl)C(=O)c1ccc(SC(F)(F)F)cc1SC(F)(F)F. The maximum absolute atomic E-state index is 12.4. The molecule has 0 saturated heterocycles. The summed E-state index contributed by atoms with van der Waals surface area (Å²) >= 11 is 4.32. The summed E-state index contributed by atoms with van der Waals surface area (Å²) in [4.78, 5) is 10.7. The molecule has 118 valence electrons. The number of ketones is 1. The van der Waals surface area contributed by atoms with Gasteiger partial charge < -0.3 is 0 Å². The Morgan fingerprint density at radius 2 is 1.62 bits per heavy atom. The average molecular weight is 369 g/mol. The third-order valence-corrected chi connectivity index (χ3v) is 3.75. The molecule has 0 fully saturated rings. The molecule has 0 radical (unpaired) electrons. The molecule has 1 unspecified atom stereocenters. The number of rotatable bonds is 4. The van der Waals surface area contributed by atoms with Crippen LogP contribution in [0.2, 0.25) is 0 Å². The van der Waals surface area contributed by atoms with Crippen LogP contribution in [0.4, 0.5) is 26.3 Å². The first kappa shape index (κ1) is 18.5. The van der Waals surface area contributed by atoms with Crippen LogP contribution in [0.5, 0.6) is 0 Å². The fraction of sp³-hybridized carbons (Fsp3) is 0.364. The molecule has 1 nitrogen and oxygen atoms in total. The Bertz CT molecular complexity index is 526. The molecule has 1 aromatic rings. The van der Waals surface area contributed by atoms with E-state index in [2.05, 4.69) is 0 Å². The molecule has 1 aromatic carbocycles. The average Bonchev–Trinajstić information content (AvgIpc) is 2.23. The predicted molar refractivity (Wildman–Crippen MR) is 69.9 cm³/mol. The van der Waals surface area contributed by atoms with Gasteiger partial charge >= 0.3 is 11.0 Å². The van der Waals surface area contributed by atoms with E-state index in [9.17, 15) is 31.1 Å². The highest BCUT2D eigenvalue weighted by atomic mass is 35.5. The molecule has 0 aliphatic heterocycles. The minimum atomic E-state index is -4.73. The van der Waals surface area contributed by atoms with Crippen molar-refractivity contribution >= 4 is 40.9 Å². The van der Waals surface area contributed by atoms with Gasteiger partial charge in [-0.3, -0.25) is 4.79 Å². The van der Waals surface area contributed by atoms with Crippen molar-refractivity contribution in [1.29, 1.82) is 0 Å². The molecular formula is C11H7ClF6OS2. The first-order valence-corrected chi connectivity index (χ1v) is 7.30. The van der Waals surface area contributed by atoms with Crippen molar-refractivity contribution in [3.8, 4) is 0 Å². The fourth-order valence-electron chi connectivity index (χ4n) is 1.33. The summed E-state index contributed by atoms with van der Waals surface area (Å²) in [5, 5.41) is -1.08. The smallest absolute Gasteiger partial charge is 0.292 e. The first-order chi connectivity index (χ1) is 9.39. The van der Waals surface area contributed by atoms with E-state index in [-0.39, 0.29) is 5.56 Å². The summed E-state index contributed by atoms with van der Waals surface area (Å²) in [6, 6.07) is 2.54. The van der Waals surface area contributed by atoms with E-state index in [0.29, 0.717) is 6.07 Å². The predicted octanol–water partition coefficient (Wildman–Crippen LogP) is 5.72. The van der Waals surface area contributed by atoms with E-state index >= 15 is 0 Å². The summed E-state index contributed by atoms with van der Waals surface area (Å²) in [5.41, 5.74) is -9.72. The van der Waals surface area contributed by atoms with E-state index in [0.717, 1.165) is 12.1 Å². The zero-order valence-electron chi connectivity index (χ0n) is 10.2. The van der Waals surface area contributed by atoms with Crippen LogP contribution in [0.1, 0.15) is 17.3 Å². The molecule has 0 heterocycles. The lowest BCUT2D eigenvalue weighted by atomic mass is 10.1. The highest BCUT2D eigenvalue weighted by Crippen LogP contribution is 2.43. The van der Waals surface area contributed by atoms with Crippen LogP contribution in [0.25, 0.3) is 0 Å². The Labute approximate surface area is 129 Å². The molecule has 0 N–H and O–H groups in total. The van der Waals surface area contributed by atoms with Crippen molar-refractivity contribution < 1.29 is 31.1 Å². The van der Waals surface area contributed by atoms with E-state index in [1.54, 1.807) is 0 Å². The van der Waals surface area contributed by atoms with E-state index in [1.165, 1.54) is 6.92 Å². The maximum atomic E-state index is 12.4. The number of thioether (sulfide) groups is 2. The summed E-state index contributed by atoms with van der Waals surface area (Å²) in [5.74, 6) is -0.785. The number of carbonyl (C=O) groups excluding carboxylic acids is 1. The van der Waals surface area contributed by atoms with Crippen LogP contribution in [-0.2, 0) is 0 Å². The second kappa shape index (κ2) is 6.70. The highest BCUT2D eigenvalue weighted by molar-refractivity contribution is 8.01. The quantitative estimate of drug-likeness (QED) is 0.293. The second-order valence-corrected chi connectivity index (χ2v) is 6.63. The van der Waals surface area contributed by atoms with Gasteiger partial charge in [0.1, 0.15) is 0 Å². The van der Waals surface area contributed by atoms with Crippen LogP contribution in [-0.4, -0.2) is 22.2 Å². The topological polar surface area (TPSA) is 17.1 Å². The number of hydrogen-bond acceptors (Lipinski definition) is 3. The van der Waals surface area contributed by atoms with Crippen molar-refractivity contribution in [1.82, 2.24) is 0 Å². The zero-order valence-corrected chi connectivity index (χ0v) is 12.6. The Kier molecular flexibility index (Phi) is 5.91. The lowest BCUT2D eigenvalue weighted by Gasteiger charge is -2.13. The minimum absolute atomic E-state index is 0.355.